The molecule has 0 aliphatic heterocycles. The first-order chi connectivity index (χ1) is 13.3. The highest BCUT2D eigenvalue weighted by atomic mass is 35.5. The van der Waals surface area contributed by atoms with Gasteiger partial charge in [-0.2, -0.15) is 4.68 Å². The molecule has 10 heteroatoms. The van der Waals surface area contributed by atoms with E-state index in [9.17, 15) is 4.79 Å². The Morgan fingerprint density at radius 3 is 2.39 bits per heavy atom. The summed E-state index contributed by atoms with van der Waals surface area (Å²) < 4.78 is 1.04. The lowest BCUT2D eigenvalue weighted by molar-refractivity contribution is 0.0902. The molecule has 0 saturated heterocycles. The number of benzene rings is 2. The number of rotatable bonds is 4. The zero-order valence-electron chi connectivity index (χ0n) is 14.2. The summed E-state index contributed by atoms with van der Waals surface area (Å²) in [5.41, 5.74) is 13.7. The molecule has 1 heterocycles. The maximum Gasteiger partial charge on any atom is 0.253 e. The quantitative estimate of drug-likeness (QED) is 0.495. The van der Waals surface area contributed by atoms with Gasteiger partial charge in [0.2, 0.25) is 0 Å². The number of nitrogens with zero attached hydrogens (tertiary/aromatic N) is 2. The molecule has 0 saturated carbocycles. The van der Waals surface area contributed by atoms with E-state index in [4.69, 9.17) is 58.5 Å². The van der Waals surface area contributed by atoms with Gasteiger partial charge in [-0.25, -0.2) is 0 Å². The van der Waals surface area contributed by atoms with E-state index in [0.717, 1.165) is 10.2 Å². The first-order valence-corrected chi connectivity index (χ1v) is 9.48. The third-order valence-electron chi connectivity index (χ3n) is 3.86. The van der Waals surface area contributed by atoms with E-state index in [2.05, 4.69) is 10.4 Å². The van der Waals surface area contributed by atoms with Crippen molar-refractivity contribution in [2.45, 2.75) is 6.42 Å². The minimum absolute atomic E-state index is 0.0412. The summed E-state index contributed by atoms with van der Waals surface area (Å²) in [6.07, 6.45) is 0.0783. The van der Waals surface area contributed by atoms with Gasteiger partial charge in [-0.05, 0) is 35.9 Å². The van der Waals surface area contributed by atoms with Crippen LogP contribution in [0, 0.1) is 0 Å². The van der Waals surface area contributed by atoms with Crippen molar-refractivity contribution in [2.75, 3.05) is 16.8 Å². The normalized spacial score (nSPS) is 10.7. The van der Waals surface area contributed by atoms with E-state index in [1.54, 1.807) is 42.5 Å². The number of nitrogen functional groups attached to an aromatic ring is 2. The first kappa shape index (κ1) is 20.4. The zero-order chi connectivity index (χ0) is 20.4. The number of carbonyl (C=O) groups is 1. The van der Waals surface area contributed by atoms with Crippen LogP contribution < -0.4 is 16.8 Å². The van der Waals surface area contributed by atoms with Crippen LogP contribution in [0.1, 0.15) is 15.9 Å². The molecular weight excluding hydrogens is 441 g/mol. The molecule has 0 spiro atoms. The average Bonchev–Trinajstić information content (AvgIpc) is 2.94. The molecule has 5 N–H and O–H groups in total. The second kappa shape index (κ2) is 8.36. The summed E-state index contributed by atoms with van der Waals surface area (Å²) in [5, 5.41) is 8.37. The van der Waals surface area contributed by atoms with Crippen LogP contribution in [-0.4, -0.2) is 20.7 Å². The average molecular weight is 455 g/mol. The summed E-state index contributed by atoms with van der Waals surface area (Å²) in [6, 6.07) is 11.8. The van der Waals surface area contributed by atoms with Crippen LogP contribution in [-0.2, 0) is 6.42 Å². The third-order valence-corrected chi connectivity index (χ3v) is 5.15. The Hall–Kier alpha value is -2.32. The van der Waals surface area contributed by atoms with Crippen LogP contribution in [0.5, 0.6) is 0 Å². The Bertz CT molecular complexity index is 1070. The Balaban J connectivity index is 1.82. The van der Waals surface area contributed by atoms with Gasteiger partial charge >= 0.3 is 0 Å². The molecule has 144 valence electrons. The molecule has 0 bridgehead atoms. The van der Waals surface area contributed by atoms with Gasteiger partial charge in [0.1, 0.15) is 10.8 Å². The fraction of sp³-hybridized carbons (Fsp3) is 0.0556. The summed E-state index contributed by atoms with van der Waals surface area (Å²) in [5.74, 6) is -0.261. The number of thiocarbonyl (C=S) groups is 1. The molecule has 0 aliphatic rings. The highest BCUT2D eigenvalue weighted by Gasteiger charge is 2.21. The molecule has 0 amide bonds. The van der Waals surface area contributed by atoms with Crippen molar-refractivity contribution in [2.24, 2.45) is 0 Å². The number of aromatic nitrogens is 2. The molecule has 6 nitrogen and oxygen atoms in total. The smallest absolute Gasteiger partial charge is 0.253 e. The van der Waals surface area contributed by atoms with E-state index < -0.39 is 0 Å². The van der Waals surface area contributed by atoms with Crippen LogP contribution in [0.4, 0.5) is 17.3 Å². The van der Waals surface area contributed by atoms with Crippen molar-refractivity contribution in [1.29, 1.82) is 0 Å². The molecular formula is C18H14Cl3N5OS. The summed E-state index contributed by atoms with van der Waals surface area (Å²) in [4.78, 5) is 12.8. The lowest BCUT2D eigenvalue weighted by Gasteiger charge is -2.09. The molecule has 0 radical (unpaired) electrons. The van der Waals surface area contributed by atoms with Crippen LogP contribution in [0.25, 0.3) is 0 Å². The number of hydrogen-bond donors (Lipinski definition) is 3. The highest BCUT2D eigenvalue weighted by molar-refractivity contribution is 7.81. The Morgan fingerprint density at radius 2 is 1.75 bits per heavy atom. The molecule has 0 unspecified atom stereocenters. The topological polar surface area (TPSA) is 99.0 Å². The number of nitrogens with one attached hydrogen (secondary N) is 1. The van der Waals surface area contributed by atoms with E-state index in [0.29, 0.717) is 20.8 Å². The largest absolute Gasteiger partial charge is 0.383 e. The number of anilines is 3. The van der Waals surface area contributed by atoms with Crippen LogP contribution in [0.2, 0.25) is 15.1 Å². The maximum atomic E-state index is 12.6. The molecule has 0 fully saturated rings. The van der Waals surface area contributed by atoms with Crippen molar-refractivity contribution in [3.8, 4) is 0 Å². The van der Waals surface area contributed by atoms with E-state index in [1.165, 1.54) is 0 Å². The van der Waals surface area contributed by atoms with Gasteiger partial charge in [-0.3, -0.25) is 4.79 Å². The molecule has 3 rings (SSSR count). The van der Waals surface area contributed by atoms with Crippen molar-refractivity contribution in [3.63, 3.8) is 0 Å². The lowest BCUT2D eigenvalue weighted by atomic mass is 10.1. The van der Waals surface area contributed by atoms with Gasteiger partial charge in [0, 0.05) is 10.7 Å². The highest BCUT2D eigenvalue weighted by Crippen LogP contribution is 2.27. The van der Waals surface area contributed by atoms with E-state index in [1.807, 2.05) is 0 Å². The van der Waals surface area contributed by atoms with Crippen LogP contribution in [0.15, 0.2) is 42.5 Å². The first-order valence-electron chi connectivity index (χ1n) is 7.94. The summed E-state index contributed by atoms with van der Waals surface area (Å²) in [6.45, 7) is 0. The standard InChI is InChI=1S/C18H14Cl3N5OS/c19-10-3-1-9(2-4-10)7-14(27)26-17(23)15(16(22)25-26)18(28)24-11-5-6-12(20)13(21)8-11/h1-6,8H,7,23H2,(H2,22,25)(H,24,28). The van der Waals surface area contributed by atoms with Gasteiger partial charge in [-0.15, -0.1) is 5.10 Å². The Kier molecular flexibility index (Phi) is 6.10. The van der Waals surface area contributed by atoms with Crippen LogP contribution >= 0.6 is 47.0 Å². The van der Waals surface area contributed by atoms with Gasteiger partial charge in [0.05, 0.1) is 22.0 Å². The zero-order valence-corrected chi connectivity index (χ0v) is 17.3. The van der Waals surface area contributed by atoms with Crippen LogP contribution in [0.3, 0.4) is 0 Å². The molecule has 1 aromatic heterocycles. The van der Waals surface area contributed by atoms with Crippen molar-refractivity contribution in [1.82, 2.24) is 9.78 Å². The lowest BCUT2D eigenvalue weighted by Crippen LogP contribution is -2.19. The summed E-state index contributed by atoms with van der Waals surface area (Å²) in [7, 11) is 0. The van der Waals surface area contributed by atoms with Crippen molar-refractivity contribution >= 4 is 75.2 Å². The predicted molar refractivity (Wildman–Crippen MR) is 119 cm³/mol. The number of nitrogens with two attached hydrogens (primary N) is 2. The van der Waals surface area contributed by atoms with Gasteiger partial charge < -0.3 is 16.8 Å². The minimum atomic E-state index is -0.352. The Morgan fingerprint density at radius 1 is 1.07 bits per heavy atom. The van der Waals surface area contributed by atoms with Gasteiger partial charge in [0.15, 0.2) is 5.82 Å². The fourth-order valence-corrected chi connectivity index (χ4v) is 3.24. The summed E-state index contributed by atoms with van der Waals surface area (Å²) >= 11 is 23.1. The Labute approximate surface area is 181 Å². The minimum Gasteiger partial charge on any atom is -0.383 e. The third kappa shape index (κ3) is 4.39. The van der Waals surface area contributed by atoms with E-state index >= 15 is 0 Å². The SMILES string of the molecule is Nc1nn(C(=O)Cc2ccc(Cl)cc2)c(N)c1C(=S)Nc1ccc(Cl)c(Cl)c1. The second-order valence-corrected chi connectivity index (χ2v) is 7.50. The van der Waals surface area contributed by atoms with Gasteiger partial charge in [0.25, 0.3) is 5.91 Å². The molecule has 3 aromatic rings. The van der Waals surface area contributed by atoms with E-state index in [-0.39, 0.29) is 34.5 Å². The molecule has 2 aromatic carbocycles. The predicted octanol–water partition coefficient (Wildman–Crippen LogP) is 4.68. The van der Waals surface area contributed by atoms with Crippen molar-refractivity contribution < 1.29 is 4.79 Å². The van der Waals surface area contributed by atoms with Gasteiger partial charge in [-0.1, -0.05) is 59.2 Å². The monoisotopic (exact) mass is 453 g/mol. The fourth-order valence-electron chi connectivity index (χ4n) is 2.49. The number of halogens is 3. The number of hydrogen-bond acceptors (Lipinski definition) is 5. The molecule has 0 atom stereocenters. The van der Waals surface area contributed by atoms with Crippen molar-refractivity contribution in [3.05, 3.63) is 68.7 Å². The maximum absolute atomic E-state index is 12.6. The number of carbonyl (C=O) groups excluding carboxylic acids is 1. The molecule has 0 aliphatic carbocycles. The second-order valence-electron chi connectivity index (χ2n) is 5.84. The molecule has 28 heavy (non-hydrogen) atoms.